The predicted octanol–water partition coefficient (Wildman–Crippen LogP) is 4.10. The second kappa shape index (κ2) is 5.05. The van der Waals surface area contributed by atoms with Crippen LogP contribution < -0.4 is 5.32 Å². The average molecular weight is 245 g/mol. The lowest BCUT2D eigenvalue weighted by atomic mass is 9.65. The van der Waals surface area contributed by atoms with Gasteiger partial charge in [-0.25, -0.2) is 0 Å². The van der Waals surface area contributed by atoms with E-state index in [1.165, 1.54) is 36.8 Å². The van der Waals surface area contributed by atoms with E-state index in [1.54, 1.807) is 0 Å². The van der Waals surface area contributed by atoms with E-state index in [0.717, 1.165) is 6.54 Å². The van der Waals surface area contributed by atoms with Gasteiger partial charge in [0.05, 0.1) is 0 Å². The number of rotatable bonds is 4. The van der Waals surface area contributed by atoms with Crippen LogP contribution in [0.4, 0.5) is 0 Å². The Labute approximate surface area is 112 Å². The zero-order valence-electron chi connectivity index (χ0n) is 12.3. The molecule has 1 N–H and O–H groups in total. The van der Waals surface area contributed by atoms with Crippen LogP contribution >= 0.6 is 0 Å². The number of hydrogen-bond acceptors (Lipinski definition) is 1. The molecule has 0 unspecified atom stereocenters. The SMILES string of the molecule is Cc1ccccc1CC1(CNC(C)(C)C)CCC1. The van der Waals surface area contributed by atoms with E-state index in [4.69, 9.17) is 0 Å². The number of benzene rings is 1. The van der Waals surface area contributed by atoms with Gasteiger partial charge in [-0.1, -0.05) is 30.7 Å². The fourth-order valence-electron chi connectivity index (χ4n) is 2.76. The molecule has 0 spiro atoms. The second-order valence-electron chi connectivity index (χ2n) is 7.06. The van der Waals surface area contributed by atoms with Gasteiger partial charge in [-0.2, -0.15) is 0 Å². The van der Waals surface area contributed by atoms with Crippen molar-refractivity contribution in [1.82, 2.24) is 5.32 Å². The minimum atomic E-state index is 0.230. The fraction of sp³-hybridized carbons (Fsp3) is 0.647. The van der Waals surface area contributed by atoms with Crippen molar-refractivity contribution in [2.24, 2.45) is 5.41 Å². The van der Waals surface area contributed by atoms with Gasteiger partial charge in [-0.15, -0.1) is 0 Å². The molecule has 0 saturated heterocycles. The lowest BCUT2D eigenvalue weighted by Crippen LogP contribution is -2.48. The van der Waals surface area contributed by atoms with Crippen LogP contribution in [-0.2, 0) is 6.42 Å². The molecule has 0 heterocycles. The summed E-state index contributed by atoms with van der Waals surface area (Å²) in [6, 6.07) is 8.84. The molecule has 1 aromatic rings. The molecule has 1 aliphatic carbocycles. The lowest BCUT2D eigenvalue weighted by molar-refractivity contribution is 0.118. The molecule has 18 heavy (non-hydrogen) atoms. The Morgan fingerprint density at radius 1 is 1.17 bits per heavy atom. The molecule has 0 radical (unpaired) electrons. The van der Waals surface area contributed by atoms with Crippen molar-refractivity contribution in [3.05, 3.63) is 35.4 Å². The minimum Gasteiger partial charge on any atom is -0.312 e. The predicted molar refractivity (Wildman–Crippen MR) is 78.9 cm³/mol. The Morgan fingerprint density at radius 2 is 1.83 bits per heavy atom. The summed E-state index contributed by atoms with van der Waals surface area (Å²) >= 11 is 0. The van der Waals surface area contributed by atoms with Gasteiger partial charge < -0.3 is 5.32 Å². The highest BCUT2D eigenvalue weighted by Crippen LogP contribution is 2.43. The maximum absolute atomic E-state index is 3.70. The molecule has 0 aliphatic heterocycles. The highest BCUT2D eigenvalue weighted by atomic mass is 15.0. The van der Waals surface area contributed by atoms with E-state index in [0.29, 0.717) is 5.41 Å². The molecular weight excluding hydrogens is 218 g/mol. The van der Waals surface area contributed by atoms with Crippen LogP contribution in [0.2, 0.25) is 0 Å². The van der Waals surface area contributed by atoms with Gasteiger partial charge in [0, 0.05) is 12.1 Å². The van der Waals surface area contributed by atoms with Gasteiger partial charge in [0.1, 0.15) is 0 Å². The van der Waals surface area contributed by atoms with Gasteiger partial charge >= 0.3 is 0 Å². The molecule has 1 aliphatic rings. The van der Waals surface area contributed by atoms with E-state index in [9.17, 15) is 0 Å². The number of aryl methyl sites for hydroxylation is 1. The standard InChI is InChI=1S/C17H27N/c1-14-8-5-6-9-15(14)12-17(10-7-11-17)13-18-16(2,3)4/h5-6,8-9,18H,7,10-13H2,1-4H3. The fourth-order valence-corrected chi connectivity index (χ4v) is 2.76. The summed E-state index contributed by atoms with van der Waals surface area (Å²) in [5.41, 5.74) is 3.72. The summed E-state index contributed by atoms with van der Waals surface area (Å²) in [5, 5.41) is 3.70. The van der Waals surface area contributed by atoms with Gasteiger partial charge in [-0.05, 0) is 63.5 Å². The average Bonchev–Trinajstić information content (AvgIpc) is 2.23. The summed E-state index contributed by atoms with van der Waals surface area (Å²) < 4.78 is 0. The largest absolute Gasteiger partial charge is 0.312 e. The zero-order chi connectivity index (χ0) is 13.2. The zero-order valence-corrected chi connectivity index (χ0v) is 12.3. The Morgan fingerprint density at radius 3 is 2.33 bits per heavy atom. The highest BCUT2D eigenvalue weighted by molar-refractivity contribution is 5.27. The summed E-state index contributed by atoms with van der Waals surface area (Å²) in [4.78, 5) is 0. The third-order valence-electron chi connectivity index (χ3n) is 4.23. The van der Waals surface area contributed by atoms with Crippen LogP contribution in [-0.4, -0.2) is 12.1 Å². The van der Waals surface area contributed by atoms with Gasteiger partial charge in [0.25, 0.3) is 0 Å². The van der Waals surface area contributed by atoms with Crippen LogP contribution in [0.3, 0.4) is 0 Å². The summed E-state index contributed by atoms with van der Waals surface area (Å²) in [6.07, 6.45) is 5.40. The molecule has 0 amide bonds. The van der Waals surface area contributed by atoms with Crippen molar-refractivity contribution in [3.63, 3.8) is 0 Å². The van der Waals surface area contributed by atoms with Crippen molar-refractivity contribution in [3.8, 4) is 0 Å². The molecular formula is C17H27N. The topological polar surface area (TPSA) is 12.0 Å². The molecule has 1 saturated carbocycles. The Kier molecular flexibility index (Phi) is 3.82. The van der Waals surface area contributed by atoms with Gasteiger partial charge in [-0.3, -0.25) is 0 Å². The number of nitrogens with one attached hydrogen (secondary N) is 1. The molecule has 0 atom stereocenters. The first-order valence-electron chi connectivity index (χ1n) is 7.20. The van der Waals surface area contributed by atoms with Gasteiger partial charge in [0.15, 0.2) is 0 Å². The first-order chi connectivity index (χ1) is 8.40. The summed E-state index contributed by atoms with van der Waals surface area (Å²) in [5.74, 6) is 0. The Hall–Kier alpha value is -0.820. The maximum Gasteiger partial charge on any atom is 0.00967 e. The van der Waals surface area contributed by atoms with E-state index < -0.39 is 0 Å². The van der Waals surface area contributed by atoms with Crippen LogP contribution in [0.25, 0.3) is 0 Å². The maximum atomic E-state index is 3.70. The van der Waals surface area contributed by atoms with Crippen molar-refractivity contribution in [2.45, 2.75) is 58.9 Å². The molecule has 2 rings (SSSR count). The van der Waals surface area contributed by atoms with Crippen molar-refractivity contribution >= 4 is 0 Å². The minimum absolute atomic E-state index is 0.230. The summed E-state index contributed by atoms with van der Waals surface area (Å²) in [6.45, 7) is 10.2. The molecule has 0 aromatic heterocycles. The smallest absolute Gasteiger partial charge is 0.00967 e. The quantitative estimate of drug-likeness (QED) is 0.842. The first kappa shape index (κ1) is 13.6. The van der Waals surface area contributed by atoms with Crippen LogP contribution in [0.1, 0.15) is 51.2 Å². The molecule has 1 heteroatoms. The molecule has 1 aromatic carbocycles. The van der Waals surface area contributed by atoms with Crippen molar-refractivity contribution < 1.29 is 0 Å². The summed E-state index contributed by atoms with van der Waals surface area (Å²) in [7, 11) is 0. The van der Waals surface area contributed by atoms with Crippen LogP contribution in [0.15, 0.2) is 24.3 Å². The molecule has 0 bridgehead atoms. The lowest BCUT2D eigenvalue weighted by Gasteiger charge is -2.44. The van der Waals surface area contributed by atoms with E-state index in [2.05, 4.69) is 57.3 Å². The van der Waals surface area contributed by atoms with Crippen LogP contribution in [0.5, 0.6) is 0 Å². The molecule has 1 nitrogen and oxygen atoms in total. The molecule has 100 valence electrons. The monoisotopic (exact) mass is 245 g/mol. The highest BCUT2D eigenvalue weighted by Gasteiger charge is 2.37. The normalized spacial score (nSPS) is 18.4. The third-order valence-corrected chi connectivity index (χ3v) is 4.23. The van der Waals surface area contributed by atoms with E-state index in [1.807, 2.05) is 0 Å². The second-order valence-corrected chi connectivity index (χ2v) is 7.06. The van der Waals surface area contributed by atoms with Crippen molar-refractivity contribution in [2.75, 3.05) is 6.54 Å². The first-order valence-corrected chi connectivity index (χ1v) is 7.20. The van der Waals surface area contributed by atoms with E-state index >= 15 is 0 Å². The van der Waals surface area contributed by atoms with Gasteiger partial charge in [0.2, 0.25) is 0 Å². The van der Waals surface area contributed by atoms with Crippen molar-refractivity contribution in [1.29, 1.82) is 0 Å². The Bertz CT molecular complexity index is 396. The van der Waals surface area contributed by atoms with E-state index in [-0.39, 0.29) is 5.54 Å². The third kappa shape index (κ3) is 3.35. The Balaban J connectivity index is 2.03. The molecule has 1 fully saturated rings. The van der Waals surface area contributed by atoms with Crippen LogP contribution in [0, 0.1) is 12.3 Å². The number of hydrogen-bond donors (Lipinski definition) is 1.